The van der Waals surface area contributed by atoms with Crippen molar-refractivity contribution >= 4 is 134 Å². The van der Waals surface area contributed by atoms with Crippen LogP contribution < -0.4 is 10.6 Å². The summed E-state index contributed by atoms with van der Waals surface area (Å²) in [4.78, 5) is 63.9. The van der Waals surface area contributed by atoms with E-state index in [1.165, 1.54) is 32.5 Å². The maximum absolute atomic E-state index is 13.3. The topological polar surface area (TPSA) is 125 Å². The fourth-order valence-corrected chi connectivity index (χ4v) is 9.67. The van der Waals surface area contributed by atoms with Gasteiger partial charge in [-0.3, -0.25) is 29.0 Å². The lowest BCUT2D eigenvalue weighted by molar-refractivity contribution is -0.124. The third kappa shape index (κ3) is 8.29. The van der Waals surface area contributed by atoms with E-state index in [-0.39, 0.29) is 23.6 Å². The number of hydrogen-bond acceptors (Lipinski definition) is 12. The van der Waals surface area contributed by atoms with E-state index in [1.807, 2.05) is 48.5 Å². The Morgan fingerprint density at radius 1 is 0.625 bits per heavy atom. The lowest BCUT2D eigenvalue weighted by Gasteiger charge is -2.14. The molecule has 16 heteroatoms. The molecule has 2 aliphatic heterocycles. The first kappa shape index (κ1) is 34.6. The number of rotatable bonds is 14. The molecule has 2 aliphatic rings. The molecule has 2 saturated heterocycles. The Kier molecular flexibility index (Phi) is 11.5. The Balaban J connectivity index is 0.900. The molecular formula is C32H30N6O4S6. The quantitative estimate of drug-likeness (QED) is 0.0759. The second kappa shape index (κ2) is 16.0. The lowest BCUT2D eigenvalue weighted by Crippen LogP contribution is -2.31. The van der Waals surface area contributed by atoms with Gasteiger partial charge < -0.3 is 10.6 Å². The molecule has 0 spiro atoms. The van der Waals surface area contributed by atoms with Crippen LogP contribution in [0.15, 0.2) is 58.3 Å². The van der Waals surface area contributed by atoms with Gasteiger partial charge in [-0.25, -0.2) is 9.97 Å². The summed E-state index contributed by atoms with van der Waals surface area (Å²) in [6.45, 7) is 0.834. The number of aromatic nitrogens is 2. The van der Waals surface area contributed by atoms with Crippen molar-refractivity contribution in [3.05, 3.63) is 58.3 Å². The first-order valence-corrected chi connectivity index (χ1v) is 19.5. The molecule has 0 atom stereocenters. The van der Waals surface area contributed by atoms with Gasteiger partial charge in [0.25, 0.3) is 11.8 Å². The van der Waals surface area contributed by atoms with Crippen LogP contribution in [0.2, 0.25) is 0 Å². The number of amides is 4. The van der Waals surface area contributed by atoms with Gasteiger partial charge in [-0.1, -0.05) is 108 Å². The van der Waals surface area contributed by atoms with Crippen molar-refractivity contribution in [2.24, 2.45) is 0 Å². The van der Waals surface area contributed by atoms with E-state index in [0.29, 0.717) is 80.3 Å². The van der Waals surface area contributed by atoms with Crippen molar-refractivity contribution in [2.45, 2.75) is 51.4 Å². The van der Waals surface area contributed by atoms with Crippen LogP contribution in [0.5, 0.6) is 0 Å². The lowest BCUT2D eigenvalue weighted by atomic mass is 10.2. The molecule has 0 aliphatic carbocycles. The number of hydrogen-bond donors (Lipinski definition) is 2. The van der Waals surface area contributed by atoms with E-state index in [4.69, 9.17) is 24.4 Å². The van der Waals surface area contributed by atoms with Crippen LogP contribution in [-0.2, 0) is 19.2 Å². The number of thiocarbonyl (C=S) groups is 2. The van der Waals surface area contributed by atoms with Crippen LogP contribution in [-0.4, -0.2) is 65.1 Å². The van der Waals surface area contributed by atoms with Gasteiger partial charge in [0.2, 0.25) is 11.8 Å². The summed E-state index contributed by atoms with van der Waals surface area (Å²) in [5.74, 6) is -0.739. The Hall–Kier alpha value is -3.28. The predicted octanol–water partition coefficient (Wildman–Crippen LogP) is 7.54. The van der Waals surface area contributed by atoms with Gasteiger partial charge in [-0.05, 0) is 49.9 Å². The zero-order chi connectivity index (χ0) is 33.6. The van der Waals surface area contributed by atoms with E-state index >= 15 is 0 Å². The van der Waals surface area contributed by atoms with Gasteiger partial charge >= 0.3 is 0 Å². The van der Waals surface area contributed by atoms with Crippen LogP contribution in [0.1, 0.15) is 51.4 Å². The van der Waals surface area contributed by atoms with Gasteiger partial charge in [-0.15, -0.1) is 0 Å². The summed E-state index contributed by atoms with van der Waals surface area (Å²) in [7, 11) is 0. The monoisotopic (exact) mass is 754 g/mol. The maximum Gasteiger partial charge on any atom is 0.267 e. The fourth-order valence-electron chi connectivity index (χ4n) is 5.14. The Labute approximate surface area is 304 Å². The minimum atomic E-state index is -0.279. The number of carbonyl (C=O) groups is 4. The highest BCUT2D eigenvalue weighted by Gasteiger charge is 2.41. The van der Waals surface area contributed by atoms with Crippen LogP contribution >= 0.6 is 70.6 Å². The van der Waals surface area contributed by atoms with Crippen LogP contribution in [0.25, 0.3) is 20.4 Å². The van der Waals surface area contributed by atoms with Crippen molar-refractivity contribution in [1.82, 2.24) is 19.8 Å². The SMILES string of the molecule is O=C(CCCCCN1C(=O)/C(=C2\SC(=S)N(CCCCCC(=O)Nc3nc4ccccc4s3)C2=O)SC1=S)Nc1nc2ccccc2s1. The van der Waals surface area contributed by atoms with Gasteiger partial charge in [0.05, 0.1) is 30.2 Å². The standard InChI is InChI=1S/C32H30N6O4S6/c39-23(35-29-33-19-11-5-7-13-21(19)45-29)15-3-1-9-17-37-27(41)25(47-31(37)43)26-28(42)38(32(44)48-26)18-10-2-4-16-24(40)36-30-34-20-12-6-8-14-22(20)46-30/h5-8,11-14H,1-4,9-10,15-18H2,(H,33,35,39)(H,34,36,40)/b26-25+. The third-order valence-corrected chi connectivity index (χ3v) is 12.5. The number of thiazole rings is 2. The predicted molar refractivity (Wildman–Crippen MR) is 204 cm³/mol. The minimum Gasteiger partial charge on any atom is -0.302 e. The van der Waals surface area contributed by atoms with Crippen molar-refractivity contribution < 1.29 is 19.2 Å². The summed E-state index contributed by atoms with van der Waals surface area (Å²) in [5.41, 5.74) is 1.72. The zero-order valence-corrected chi connectivity index (χ0v) is 30.5. The van der Waals surface area contributed by atoms with E-state index < -0.39 is 0 Å². The summed E-state index contributed by atoms with van der Waals surface area (Å²) in [6, 6.07) is 15.5. The van der Waals surface area contributed by atoms with Crippen LogP contribution in [0.3, 0.4) is 0 Å². The molecule has 0 unspecified atom stereocenters. The molecule has 248 valence electrons. The molecule has 0 radical (unpaired) electrons. The Morgan fingerprint density at radius 2 is 1.04 bits per heavy atom. The molecule has 48 heavy (non-hydrogen) atoms. The molecule has 4 heterocycles. The second-order valence-corrected chi connectivity index (χ2v) is 16.3. The van der Waals surface area contributed by atoms with E-state index in [1.54, 1.807) is 0 Å². The second-order valence-electron chi connectivity index (χ2n) is 11.0. The molecule has 4 aromatic rings. The number of para-hydroxylation sites is 2. The number of nitrogens with zero attached hydrogens (tertiary/aromatic N) is 4. The van der Waals surface area contributed by atoms with Crippen molar-refractivity contribution in [2.75, 3.05) is 23.7 Å². The number of anilines is 2. The van der Waals surface area contributed by atoms with E-state index in [9.17, 15) is 19.2 Å². The third-order valence-electron chi connectivity index (χ3n) is 7.56. The van der Waals surface area contributed by atoms with Crippen molar-refractivity contribution in [3.63, 3.8) is 0 Å². The molecule has 2 N–H and O–H groups in total. The van der Waals surface area contributed by atoms with Crippen LogP contribution in [0, 0.1) is 0 Å². The number of thioether (sulfide) groups is 2. The molecular weight excluding hydrogens is 725 g/mol. The zero-order valence-electron chi connectivity index (χ0n) is 25.6. The average molecular weight is 755 g/mol. The van der Waals surface area contributed by atoms with Crippen LogP contribution in [0.4, 0.5) is 10.3 Å². The largest absolute Gasteiger partial charge is 0.302 e. The molecule has 2 aromatic heterocycles. The number of carbonyl (C=O) groups excluding carboxylic acids is 4. The van der Waals surface area contributed by atoms with E-state index in [0.717, 1.165) is 56.8 Å². The summed E-state index contributed by atoms with van der Waals surface area (Å²) >= 11 is 16.1. The van der Waals surface area contributed by atoms with Gasteiger partial charge in [0.15, 0.2) is 10.3 Å². The molecule has 2 fully saturated rings. The maximum atomic E-state index is 13.3. The first-order valence-electron chi connectivity index (χ1n) is 15.4. The molecule has 6 rings (SSSR count). The highest BCUT2D eigenvalue weighted by Crippen LogP contribution is 2.42. The molecule has 2 aromatic carbocycles. The highest BCUT2D eigenvalue weighted by molar-refractivity contribution is 8.29. The number of benzene rings is 2. The summed E-state index contributed by atoms with van der Waals surface area (Å²) in [5, 5.41) is 6.91. The first-order chi connectivity index (χ1) is 23.3. The average Bonchev–Trinajstić information content (AvgIpc) is 3.80. The van der Waals surface area contributed by atoms with Crippen molar-refractivity contribution in [3.8, 4) is 0 Å². The number of fused-ring (bicyclic) bond motifs is 2. The van der Waals surface area contributed by atoms with Gasteiger partial charge in [0.1, 0.15) is 8.64 Å². The molecule has 4 amide bonds. The number of nitrogens with one attached hydrogen (secondary N) is 2. The summed E-state index contributed by atoms with van der Waals surface area (Å²) < 4.78 is 2.87. The number of unbranched alkanes of at least 4 members (excludes halogenated alkanes) is 4. The molecule has 0 bridgehead atoms. The fraction of sp³-hybridized carbons (Fsp3) is 0.312. The Morgan fingerprint density at radius 3 is 1.46 bits per heavy atom. The highest BCUT2D eigenvalue weighted by atomic mass is 32.2. The molecule has 10 nitrogen and oxygen atoms in total. The smallest absolute Gasteiger partial charge is 0.267 e. The normalized spacial score (nSPS) is 16.6. The van der Waals surface area contributed by atoms with Gasteiger partial charge in [-0.2, -0.15) is 0 Å². The van der Waals surface area contributed by atoms with Crippen molar-refractivity contribution in [1.29, 1.82) is 0 Å². The molecule has 0 saturated carbocycles. The van der Waals surface area contributed by atoms with Gasteiger partial charge in [0, 0.05) is 25.9 Å². The summed E-state index contributed by atoms with van der Waals surface area (Å²) in [6.07, 6.45) is 4.87. The minimum absolute atomic E-state index is 0.0900. The Bertz CT molecular complexity index is 1750. The van der Waals surface area contributed by atoms with E-state index in [2.05, 4.69) is 20.6 Å².